The summed E-state index contributed by atoms with van der Waals surface area (Å²) in [5.41, 5.74) is 17.9. The number of rotatable bonds is 8. The van der Waals surface area contributed by atoms with Crippen molar-refractivity contribution in [2.45, 2.75) is 0 Å². The predicted octanol–water partition coefficient (Wildman–Crippen LogP) is 16.7. The third-order valence-electron chi connectivity index (χ3n) is 13.4. The van der Waals surface area contributed by atoms with Crippen molar-refractivity contribution in [3.8, 4) is 78.5 Å². The number of pyridine rings is 2. The third-order valence-corrected chi connectivity index (χ3v) is 13.4. The van der Waals surface area contributed by atoms with Gasteiger partial charge in [0.2, 0.25) is 0 Å². The summed E-state index contributed by atoms with van der Waals surface area (Å²) >= 11 is 0. The summed E-state index contributed by atoms with van der Waals surface area (Å²) in [7, 11) is 0. The number of nitrogens with zero attached hydrogens (tertiary/aromatic N) is 4. The molecule has 0 amide bonds. The zero-order chi connectivity index (χ0) is 45.0. The van der Waals surface area contributed by atoms with E-state index in [1.54, 1.807) is 0 Å². The standard InChI is InChI=1S/C64H42N4/c1-5-16-43(17-6-1)48-27-31-59-54(37-48)55-38-49(44-18-7-2-8-19-44)28-32-60(55)67(59)63-41-53(47-24-15-25-52(36-47)58-26-13-14-35-65-58)42-64(66-63)68-61-33-29-50(45-20-9-3-10-21-45)39-56(61)57-40-51(30-34-62(57)68)46-22-11-4-12-23-46/h1-42H. The number of aromatic nitrogens is 4. The highest BCUT2D eigenvalue weighted by atomic mass is 15.1. The zero-order valence-corrected chi connectivity index (χ0v) is 37.0. The molecule has 0 fully saturated rings. The van der Waals surface area contributed by atoms with Crippen LogP contribution in [0.1, 0.15) is 0 Å². The van der Waals surface area contributed by atoms with Crippen molar-refractivity contribution >= 4 is 43.6 Å². The molecule has 0 aliphatic carbocycles. The molecule has 13 rings (SSSR count). The minimum atomic E-state index is 0.831. The van der Waals surface area contributed by atoms with Crippen LogP contribution in [0.2, 0.25) is 0 Å². The Morgan fingerprint density at radius 2 is 0.574 bits per heavy atom. The van der Waals surface area contributed by atoms with Gasteiger partial charge in [0, 0.05) is 33.3 Å². The Kier molecular flexibility index (Phi) is 9.47. The summed E-state index contributed by atoms with van der Waals surface area (Å²) < 4.78 is 4.72. The van der Waals surface area contributed by atoms with Crippen molar-refractivity contribution in [1.82, 2.24) is 19.1 Å². The molecule has 0 aliphatic rings. The second kappa shape index (κ2) is 16.4. The fourth-order valence-electron chi connectivity index (χ4n) is 10.1. The van der Waals surface area contributed by atoms with Gasteiger partial charge in [-0.1, -0.05) is 170 Å². The van der Waals surface area contributed by atoms with Crippen LogP contribution >= 0.6 is 0 Å². The SMILES string of the molecule is c1ccc(-c2ccc3c(c2)c2cc(-c4ccccc4)ccc2n3-c2cc(-c3cccc(-c4ccccn4)c3)cc(-n3c4ccc(-c5ccccc5)cc4c4cc(-c5ccccc5)ccc43)n2)cc1. The first kappa shape index (κ1) is 39.3. The summed E-state index contributed by atoms with van der Waals surface area (Å²) in [5, 5.41) is 4.68. The quantitative estimate of drug-likeness (QED) is 0.153. The molecule has 0 atom stereocenters. The van der Waals surface area contributed by atoms with Crippen LogP contribution in [-0.4, -0.2) is 19.1 Å². The number of benzene rings is 9. The van der Waals surface area contributed by atoms with Crippen molar-refractivity contribution in [3.63, 3.8) is 0 Å². The Bertz CT molecular complexity index is 3570. The van der Waals surface area contributed by atoms with Crippen molar-refractivity contribution in [2.24, 2.45) is 0 Å². The molecule has 318 valence electrons. The van der Waals surface area contributed by atoms with Gasteiger partial charge in [-0.3, -0.25) is 14.1 Å². The van der Waals surface area contributed by atoms with E-state index in [1.165, 1.54) is 66.1 Å². The third kappa shape index (κ3) is 6.86. The molecule has 0 N–H and O–H groups in total. The monoisotopic (exact) mass is 866 g/mol. The molecule has 0 saturated carbocycles. The molecule has 13 aromatic rings. The number of hydrogen-bond donors (Lipinski definition) is 0. The summed E-state index contributed by atoms with van der Waals surface area (Å²) in [4.78, 5) is 10.5. The lowest BCUT2D eigenvalue weighted by atomic mass is 10.0. The van der Waals surface area contributed by atoms with E-state index < -0.39 is 0 Å². The van der Waals surface area contributed by atoms with Crippen LogP contribution in [0.3, 0.4) is 0 Å². The largest absolute Gasteiger partial charge is 0.294 e. The lowest BCUT2D eigenvalue weighted by molar-refractivity contribution is 1.01. The molecule has 4 nitrogen and oxygen atoms in total. The van der Waals surface area contributed by atoms with E-state index >= 15 is 0 Å². The van der Waals surface area contributed by atoms with Crippen LogP contribution in [0.25, 0.3) is 122 Å². The fraction of sp³-hybridized carbons (Fsp3) is 0. The Balaban J connectivity index is 1.10. The molecule has 0 bridgehead atoms. The first-order chi connectivity index (χ1) is 33.7. The first-order valence-electron chi connectivity index (χ1n) is 23.1. The fourth-order valence-corrected chi connectivity index (χ4v) is 10.1. The average Bonchev–Trinajstić information content (AvgIpc) is 3.93. The summed E-state index contributed by atoms with van der Waals surface area (Å²) in [5.74, 6) is 1.66. The molecule has 0 unspecified atom stereocenters. The Hall–Kier alpha value is -9.12. The maximum Gasteiger partial charge on any atom is 0.140 e. The number of fused-ring (bicyclic) bond motifs is 6. The van der Waals surface area contributed by atoms with E-state index in [9.17, 15) is 0 Å². The summed E-state index contributed by atoms with van der Waals surface area (Å²) in [6.07, 6.45) is 1.86. The van der Waals surface area contributed by atoms with E-state index in [4.69, 9.17) is 9.97 Å². The van der Waals surface area contributed by atoms with E-state index in [2.05, 4.69) is 246 Å². The van der Waals surface area contributed by atoms with Gasteiger partial charge in [-0.05, 0) is 134 Å². The molecule has 68 heavy (non-hydrogen) atoms. The van der Waals surface area contributed by atoms with Crippen molar-refractivity contribution in [3.05, 3.63) is 255 Å². The molecular weight excluding hydrogens is 825 g/mol. The highest BCUT2D eigenvalue weighted by molar-refractivity contribution is 6.13. The lowest BCUT2D eigenvalue weighted by Gasteiger charge is -2.15. The highest BCUT2D eigenvalue weighted by Gasteiger charge is 2.21. The zero-order valence-electron chi connectivity index (χ0n) is 37.0. The first-order valence-corrected chi connectivity index (χ1v) is 23.1. The second-order valence-electron chi connectivity index (χ2n) is 17.4. The van der Waals surface area contributed by atoms with Gasteiger partial charge < -0.3 is 0 Å². The van der Waals surface area contributed by atoms with Gasteiger partial charge in [-0.15, -0.1) is 0 Å². The second-order valence-corrected chi connectivity index (χ2v) is 17.4. The van der Waals surface area contributed by atoms with Crippen LogP contribution in [0.15, 0.2) is 255 Å². The van der Waals surface area contributed by atoms with Crippen LogP contribution < -0.4 is 0 Å². The van der Waals surface area contributed by atoms with E-state index in [-0.39, 0.29) is 0 Å². The van der Waals surface area contributed by atoms with Gasteiger partial charge in [0.25, 0.3) is 0 Å². The molecule has 9 aromatic carbocycles. The van der Waals surface area contributed by atoms with E-state index in [0.29, 0.717) is 0 Å². The van der Waals surface area contributed by atoms with Crippen molar-refractivity contribution in [1.29, 1.82) is 0 Å². The smallest absolute Gasteiger partial charge is 0.140 e. The van der Waals surface area contributed by atoms with Crippen molar-refractivity contribution in [2.75, 3.05) is 0 Å². The average molecular weight is 867 g/mol. The normalized spacial score (nSPS) is 11.5. The summed E-state index contributed by atoms with van der Waals surface area (Å²) in [6.45, 7) is 0. The summed E-state index contributed by atoms with van der Waals surface area (Å²) in [6, 6.07) is 89.4. The van der Waals surface area contributed by atoms with Gasteiger partial charge in [-0.2, -0.15) is 0 Å². The van der Waals surface area contributed by atoms with Crippen LogP contribution in [0.5, 0.6) is 0 Å². The van der Waals surface area contributed by atoms with Crippen molar-refractivity contribution < 1.29 is 0 Å². The van der Waals surface area contributed by atoms with Gasteiger partial charge in [0.05, 0.1) is 27.8 Å². The highest BCUT2D eigenvalue weighted by Crippen LogP contribution is 2.41. The Morgan fingerprint density at radius 3 is 0.941 bits per heavy atom. The Morgan fingerprint density at radius 1 is 0.235 bits per heavy atom. The molecule has 0 radical (unpaired) electrons. The molecule has 4 heteroatoms. The number of hydrogen-bond acceptors (Lipinski definition) is 2. The van der Waals surface area contributed by atoms with E-state index in [1.807, 2.05) is 18.3 Å². The molecule has 0 aliphatic heterocycles. The van der Waals surface area contributed by atoms with Gasteiger partial charge >= 0.3 is 0 Å². The minimum absolute atomic E-state index is 0.831. The van der Waals surface area contributed by atoms with Gasteiger partial charge in [0.1, 0.15) is 11.6 Å². The minimum Gasteiger partial charge on any atom is -0.294 e. The molecule has 4 heterocycles. The van der Waals surface area contributed by atoms with Crippen LogP contribution in [0.4, 0.5) is 0 Å². The molecule has 0 saturated heterocycles. The molecular formula is C64H42N4. The maximum absolute atomic E-state index is 5.76. The predicted molar refractivity (Wildman–Crippen MR) is 283 cm³/mol. The maximum atomic E-state index is 5.76. The topological polar surface area (TPSA) is 35.6 Å². The van der Waals surface area contributed by atoms with Crippen LogP contribution in [-0.2, 0) is 0 Å². The van der Waals surface area contributed by atoms with Crippen LogP contribution in [0, 0.1) is 0 Å². The lowest BCUT2D eigenvalue weighted by Crippen LogP contribution is -2.04. The van der Waals surface area contributed by atoms with Gasteiger partial charge in [0.15, 0.2) is 0 Å². The Labute approximate surface area is 394 Å². The molecule has 0 spiro atoms. The van der Waals surface area contributed by atoms with E-state index in [0.717, 1.165) is 56.1 Å². The van der Waals surface area contributed by atoms with Gasteiger partial charge in [-0.25, -0.2) is 4.98 Å². The molecule has 4 aromatic heterocycles.